The van der Waals surface area contributed by atoms with Gasteiger partial charge in [-0.25, -0.2) is 18.0 Å². The number of sulfonamides is 1. The molecule has 38 heavy (non-hydrogen) atoms. The largest absolute Gasteiger partial charge is 0.495 e. The summed E-state index contributed by atoms with van der Waals surface area (Å²) in [5.74, 6) is -2.02. The molecule has 0 atom stereocenters. The summed E-state index contributed by atoms with van der Waals surface area (Å²) in [6.45, 7) is 1.09. The standard InChI is InChI=1S/C27H28N2O8S/c1-18-10-11-23(35-2)24(12-18)38(33,34)29(16-19-8-6-5-7-9-19)17-25(30)28-22-14-20(26(31)36-3)13-21(15-22)27(32)37-4/h5-15H,16-17H2,1-4H3,(H,28,30). The highest BCUT2D eigenvalue weighted by molar-refractivity contribution is 7.89. The maximum atomic E-state index is 13.8. The Morgan fingerprint density at radius 2 is 1.45 bits per heavy atom. The number of carbonyl (C=O) groups excluding carboxylic acids is 3. The zero-order chi connectivity index (χ0) is 27.9. The molecule has 0 bridgehead atoms. The number of hydrogen-bond donors (Lipinski definition) is 1. The lowest BCUT2D eigenvalue weighted by Gasteiger charge is -2.23. The number of methoxy groups -OCH3 is 3. The maximum Gasteiger partial charge on any atom is 0.337 e. The number of hydrogen-bond acceptors (Lipinski definition) is 8. The van der Waals surface area contributed by atoms with Crippen LogP contribution < -0.4 is 10.1 Å². The molecule has 3 aromatic rings. The van der Waals surface area contributed by atoms with Crippen LogP contribution in [0, 0.1) is 6.92 Å². The lowest BCUT2D eigenvalue weighted by molar-refractivity contribution is -0.116. The second kappa shape index (κ2) is 12.3. The minimum atomic E-state index is -4.20. The second-order valence-corrected chi connectivity index (χ2v) is 10.1. The first-order valence-corrected chi connectivity index (χ1v) is 12.8. The van der Waals surface area contributed by atoms with Crippen molar-refractivity contribution in [2.24, 2.45) is 0 Å². The molecule has 1 N–H and O–H groups in total. The smallest absolute Gasteiger partial charge is 0.337 e. The van der Waals surface area contributed by atoms with Crippen molar-refractivity contribution in [3.8, 4) is 5.75 Å². The van der Waals surface area contributed by atoms with E-state index in [0.717, 1.165) is 4.31 Å². The van der Waals surface area contributed by atoms with Gasteiger partial charge >= 0.3 is 11.9 Å². The van der Waals surface area contributed by atoms with Crippen molar-refractivity contribution < 1.29 is 37.0 Å². The molecule has 0 unspecified atom stereocenters. The van der Waals surface area contributed by atoms with Gasteiger partial charge < -0.3 is 19.5 Å². The molecule has 10 nitrogen and oxygen atoms in total. The van der Waals surface area contributed by atoms with Crippen molar-refractivity contribution >= 4 is 33.6 Å². The summed E-state index contributed by atoms with van der Waals surface area (Å²) in [6.07, 6.45) is 0. The van der Waals surface area contributed by atoms with Gasteiger partial charge in [0, 0.05) is 12.2 Å². The molecule has 0 saturated carbocycles. The molecule has 0 fully saturated rings. The highest BCUT2D eigenvalue weighted by atomic mass is 32.2. The summed E-state index contributed by atoms with van der Waals surface area (Å²) in [5.41, 5.74) is 1.45. The van der Waals surface area contributed by atoms with Gasteiger partial charge in [-0.2, -0.15) is 4.31 Å². The zero-order valence-electron chi connectivity index (χ0n) is 21.4. The van der Waals surface area contributed by atoms with E-state index in [0.29, 0.717) is 11.1 Å². The summed E-state index contributed by atoms with van der Waals surface area (Å²) in [7, 11) is -0.482. The second-order valence-electron chi connectivity index (χ2n) is 8.24. The monoisotopic (exact) mass is 540 g/mol. The number of anilines is 1. The number of nitrogens with zero attached hydrogens (tertiary/aromatic N) is 1. The van der Waals surface area contributed by atoms with E-state index >= 15 is 0 Å². The highest BCUT2D eigenvalue weighted by Gasteiger charge is 2.30. The van der Waals surface area contributed by atoms with Gasteiger partial charge in [-0.15, -0.1) is 0 Å². The first kappa shape index (κ1) is 28.4. The van der Waals surface area contributed by atoms with E-state index in [1.54, 1.807) is 49.4 Å². The molecule has 0 saturated heterocycles. The lowest BCUT2D eigenvalue weighted by Crippen LogP contribution is -2.37. The number of amides is 1. The Morgan fingerprint density at radius 3 is 2.00 bits per heavy atom. The Balaban J connectivity index is 1.97. The van der Waals surface area contributed by atoms with Crippen LogP contribution in [-0.2, 0) is 30.8 Å². The van der Waals surface area contributed by atoms with Crippen LogP contribution in [0.1, 0.15) is 31.8 Å². The number of nitrogens with one attached hydrogen (secondary N) is 1. The summed E-state index contributed by atoms with van der Waals surface area (Å²) in [5, 5.41) is 2.57. The SMILES string of the molecule is COC(=O)c1cc(NC(=O)CN(Cc2ccccc2)S(=O)(=O)c2cc(C)ccc2OC)cc(C(=O)OC)c1. The van der Waals surface area contributed by atoms with Gasteiger partial charge in [-0.05, 0) is 48.4 Å². The lowest BCUT2D eigenvalue weighted by atomic mass is 10.1. The number of carbonyl (C=O) groups is 3. The minimum absolute atomic E-state index is 0.00367. The predicted molar refractivity (Wildman–Crippen MR) is 140 cm³/mol. The van der Waals surface area contributed by atoms with Crippen LogP contribution in [0.15, 0.2) is 71.6 Å². The van der Waals surface area contributed by atoms with Gasteiger partial charge in [0.15, 0.2) is 0 Å². The van der Waals surface area contributed by atoms with E-state index < -0.39 is 34.4 Å². The van der Waals surface area contributed by atoms with Crippen LogP contribution in [0.2, 0.25) is 0 Å². The summed E-state index contributed by atoms with van der Waals surface area (Å²) < 4.78 is 43.3. The molecular formula is C27H28N2O8S. The number of rotatable bonds is 10. The van der Waals surface area contributed by atoms with Gasteiger partial charge in [0.2, 0.25) is 15.9 Å². The molecule has 0 aliphatic carbocycles. The highest BCUT2D eigenvalue weighted by Crippen LogP contribution is 2.29. The van der Waals surface area contributed by atoms with E-state index in [-0.39, 0.29) is 34.0 Å². The van der Waals surface area contributed by atoms with Crippen LogP contribution in [0.5, 0.6) is 5.75 Å². The number of ether oxygens (including phenoxy) is 3. The van der Waals surface area contributed by atoms with E-state index in [4.69, 9.17) is 14.2 Å². The number of aryl methyl sites for hydroxylation is 1. The van der Waals surface area contributed by atoms with Gasteiger partial charge in [-0.1, -0.05) is 36.4 Å². The third kappa shape index (κ3) is 6.75. The van der Waals surface area contributed by atoms with Crippen molar-refractivity contribution in [2.75, 3.05) is 33.2 Å². The summed E-state index contributed by atoms with van der Waals surface area (Å²) in [6, 6.07) is 17.5. The molecule has 0 aliphatic heterocycles. The van der Waals surface area contributed by atoms with Crippen molar-refractivity contribution in [2.45, 2.75) is 18.4 Å². The minimum Gasteiger partial charge on any atom is -0.495 e. The fourth-order valence-electron chi connectivity index (χ4n) is 3.67. The Morgan fingerprint density at radius 1 is 0.842 bits per heavy atom. The third-order valence-corrected chi connectivity index (χ3v) is 7.33. The molecule has 3 rings (SSSR count). The summed E-state index contributed by atoms with van der Waals surface area (Å²) >= 11 is 0. The third-order valence-electron chi connectivity index (χ3n) is 5.52. The number of esters is 2. The Bertz CT molecular complexity index is 1400. The molecule has 0 heterocycles. The van der Waals surface area contributed by atoms with E-state index in [2.05, 4.69) is 5.32 Å². The Kier molecular flexibility index (Phi) is 9.21. The van der Waals surface area contributed by atoms with Crippen LogP contribution in [0.25, 0.3) is 0 Å². The Labute approximate surface area is 221 Å². The molecule has 0 radical (unpaired) electrons. The molecule has 200 valence electrons. The molecule has 1 amide bonds. The number of benzene rings is 3. The quantitative estimate of drug-likeness (QED) is 0.388. The average Bonchev–Trinajstić information content (AvgIpc) is 2.92. The predicted octanol–water partition coefficient (Wildman–Crippen LogP) is 3.41. The van der Waals surface area contributed by atoms with Crippen molar-refractivity contribution in [3.63, 3.8) is 0 Å². The fourth-order valence-corrected chi connectivity index (χ4v) is 5.29. The van der Waals surface area contributed by atoms with Crippen LogP contribution in [0.4, 0.5) is 5.69 Å². The maximum absolute atomic E-state index is 13.8. The van der Waals surface area contributed by atoms with Crippen LogP contribution in [-0.4, -0.2) is 58.4 Å². The molecule has 0 aliphatic rings. The first-order chi connectivity index (χ1) is 18.1. The Hall–Kier alpha value is -4.22. The zero-order valence-corrected chi connectivity index (χ0v) is 22.2. The van der Waals surface area contributed by atoms with E-state index in [9.17, 15) is 22.8 Å². The van der Waals surface area contributed by atoms with E-state index in [1.807, 2.05) is 0 Å². The molecule has 0 aromatic heterocycles. The summed E-state index contributed by atoms with van der Waals surface area (Å²) in [4.78, 5) is 37.2. The van der Waals surface area contributed by atoms with Crippen molar-refractivity contribution in [3.05, 3.63) is 89.0 Å². The van der Waals surface area contributed by atoms with E-state index in [1.165, 1.54) is 45.6 Å². The van der Waals surface area contributed by atoms with Crippen molar-refractivity contribution in [1.29, 1.82) is 0 Å². The molecular weight excluding hydrogens is 512 g/mol. The van der Waals surface area contributed by atoms with Gasteiger partial charge in [0.25, 0.3) is 0 Å². The topological polar surface area (TPSA) is 128 Å². The normalized spacial score (nSPS) is 11.1. The first-order valence-electron chi connectivity index (χ1n) is 11.4. The average molecular weight is 541 g/mol. The molecule has 0 spiro atoms. The van der Waals surface area contributed by atoms with Crippen LogP contribution in [0.3, 0.4) is 0 Å². The molecule has 3 aromatic carbocycles. The van der Waals surface area contributed by atoms with Gasteiger partial charge in [-0.3, -0.25) is 4.79 Å². The van der Waals surface area contributed by atoms with Crippen molar-refractivity contribution in [1.82, 2.24) is 4.31 Å². The van der Waals surface area contributed by atoms with Gasteiger partial charge in [0.1, 0.15) is 10.6 Å². The fraction of sp³-hybridized carbons (Fsp3) is 0.222. The van der Waals surface area contributed by atoms with Crippen LogP contribution >= 0.6 is 0 Å². The molecule has 11 heteroatoms. The van der Waals surface area contributed by atoms with Gasteiger partial charge in [0.05, 0.1) is 39.0 Å².